The second kappa shape index (κ2) is 5.65. The number of rotatable bonds is 4. The molecule has 0 saturated heterocycles. The van der Waals surface area contributed by atoms with E-state index in [9.17, 15) is 4.79 Å². The zero-order valence-corrected chi connectivity index (χ0v) is 11.2. The number of nitrogens with two attached hydrogens (primary N) is 1. The third-order valence-corrected chi connectivity index (χ3v) is 3.27. The summed E-state index contributed by atoms with van der Waals surface area (Å²) in [5, 5.41) is 12.0. The van der Waals surface area contributed by atoms with E-state index in [1.807, 2.05) is 0 Å². The van der Waals surface area contributed by atoms with Crippen molar-refractivity contribution < 1.29 is 9.53 Å². The van der Waals surface area contributed by atoms with Crippen molar-refractivity contribution in [2.45, 2.75) is 17.1 Å². The van der Waals surface area contributed by atoms with Crippen LogP contribution in [-0.4, -0.2) is 37.8 Å². The van der Waals surface area contributed by atoms with Crippen LogP contribution in [-0.2, 0) is 11.8 Å². The third kappa shape index (κ3) is 2.81. The Balaban J connectivity index is 2.30. The molecule has 0 aliphatic rings. The van der Waals surface area contributed by atoms with Crippen LogP contribution in [0.25, 0.3) is 0 Å². The highest BCUT2D eigenvalue weighted by molar-refractivity contribution is 7.99. The second-order valence-corrected chi connectivity index (χ2v) is 4.44. The summed E-state index contributed by atoms with van der Waals surface area (Å²) in [6.45, 7) is 2.02. The molecule has 0 aromatic carbocycles. The fourth-order valence-electron chi connectivity index (χ4n) is 1.32. The van der Waals surface area contributed by atoms with Gasteiger partial charge in [0.1, 0.15) is 5.03 Å². The molecule has 0 radical (unpaired) electrons. The molecule has 0 saturated carbocycles. The number of aromatic nitrogens is 5. The molecule has 8 nitrogen and oxygen atoms in total. The van der Waals surface area contributed by atoms with Gasteiger partial charge in [-0.05, 0) is 35.2 Å². The van der Waals surface area contributed by atoms with Gasteiger partial charge in [0.2, 0.25) is 5.16 Å². The Morgan fingerprint density at radius 1 is 1.58 bits per heavy atom. The molecule has 0 aliphatic carbocycles. The Morgan fingerprint density at radius 3 is 3.00 bits per heavy atom. The zero-order valence-electron chi connectivity index (χ0n) is 10.4. The molecule has 2 heterocycles. The maximum Gasteiger partial charge on any atom is 0.340 e. The van der Waals surface area contributed by atoms with Gasteiger partial charge in [0.05, 0.1) is 17.9 Å². The number of ether oxygens (including phenoxy) is 1. The van der Waals surface area contributed by atoms with Gasteiger partial charge in [-0.2, -0.15) is 0 Å². The summed E-state index contributed by atoms with van der Waals surface area (Å²) in [5.74, 6) is -0.472. The Hall–Kier alpha value is -2.16. The van der Waals surface area contributed by atoms with Crippen LogP contribution in [0.15, 0.2) is 22.4 Å². The van der Waals surface area contributed by atoms with Crippen molar-refractivity contribution in [2.75, 3.05) is 12.3 Å². The molecule has 9 heteroatoms. The summed E-state index contributed by atoms with van der Waals surface area (Å²) in [7, 11) is 1.70. The minimum absolute atomic E-state index is 0.258. The van der Waals surface area contributed by atoms with Crippen LogP contribution in [0, 0.1) is 0 Å². The van der Waals surface area contributed by atoms with Gasteiger partial charge in [-0.25, -0.2) is 14.5 Å². The predicted molar refractivity (Wildman–Crippen MR) is 67.5 cm³/mol. The van der Waals surface area contributed by atoms with Crippen LogP contribution in [0.3, 0.4) is 0 Å². The first-order chi connectivity index (χ1) is 9.13. The molecular formula is C10H12N6O2S. The molecule has 0 spiro atoms. The number of hydrogen-bond acceptors (Lipinski definition) is 8. The number of aryl methyl sites for hydroxylation is 1. The van der Waals surface area contributed by atoms with Gasteiger partial charge < -0.3 is 10.5 Å². The molecule has 2 aromatic rings. The number of nitrogens with zero attached hydrogens (tertiary/aromatic N) is 5. The van der Waals surface area contributed by atoms with E-state index in [0.29, 0.717) is 10.2 Å². The number of esters is 1. The van der Waals surface area contributed by atoms with Gasteiger partial charge in [-0.15, -0.1) is 5.10 Å². The lowest BCUT2D eigenvalue weighted by atomic mass is 10.2. The minimum Gasteiger partial charge on any atom is -0.462 e. The predicted octanol–water partition coefficient (Wildman–Crippen LogP) is 0.515. The van der Waals surface area contributed by atoms with Crippen LogP contribution < -0.4 is 5.73 Å². The zero-order chi connectivity index (χ0) is 13.8. The lowest BCUT2D eigenvalue weighted by molar-refractivity contribution is 0.0527. The fraction of sp³-hybridized carbons (Fsp3) is 0.300. The van der Waals surface area contributed by atoms with Crippen molar-refractivity contribution in [3.05, 3.63) is 17.8 Å². The highest BCUT2D eigenvalue weighted by Gasteiger charge is 2.16. The smallest absolute Gasteiger partial charge is 0.340 e. The van der Waals surface area contributed by atoms with Crippen molar-refractivity contribution in [3.63, 3.8) is 0 Å². The molecular weight excluding hydrogens is 268 g/mol. The fourth-order valence-corrected chi connectivity index (χ4v) is 2.07. The number of carbonyl (C=O) groups is 1. The molecule has 0 unspecified atom stereocenters. The van der Waals surface area contributed by atoms with Crippen molar-refractivity contribution in [1.82, 2.24) is 25.2 Å². The van der Waals surface area contributed by atoms with Gasteiger partial charge in [0.25, 0.3) is 0 Å². The quantitative estimate of drug-likeness (QED) is 0.807. The first-order valence-electron chi connectivity index (χ1n) is 5.45. The molecule has 100 valence electrons. The lowest BCUT2D eigenvalue weighted by Crippen LogP contribution is -2.09. The van der Waals surface area contributed by atoms with Gasteiger partial charge in [0, 0.05) is 13.2 Å². The Morgan fingerprint density at radius 2 is 2.37 bits per heavy atom. The average Bonchev–Trinajstić information content (AvgIpc) is 2.78. The third-order valence-electron chi connectivity index (χ3n) is 2.22. The maximum absolute atomic E-state index is 11.7. The van der Waals surface area contributed by atoms with Gasteiger partial charge >= 0.3 is 5.97 Å². The molecule has 0 amide bonds. The number of tetrazole rings is 1. The number of anilines is 1. The molecule has 0 aliphatic heterocycles. The standard InChI is InChI=1S/C10H12N6O2S/c1-3-18-9(17)6-4-5-12-8(7(6)11)19-10-13-14-15-16(10)2/h4-5H,3,11H2,1-2H3. The summed E-state index contributed by atoms with van der Waals surface area (Å²) < 4.78 is 6.41. The van der Waals surface area contributed by atoms with Crippen molar-refractivity contribution in [2.24, 2.45) is 7.05 Å². The molecule has 0 atom stereocenters. The van der Waals surface area contributed by atoms with E-state index in [-0.39, 0.29) is 17.9 Å². The van der Waals surface area contributed by atoms with Crippen LogP contribution in [0.1, 0.15) is 17.3 Å². The molecule has 2 aromatic heterocycles. The molecule has 0 bridgehead atoms. The molecule has 0 fully saturated rings. The summed E-state index contributed by atoms with van der Waals surface area (Å²) in [6.07, 6.45) is 1.49. The van der Waals surface area contributed by atoms with Gasteiger partial charge in [0.15, 0.2) is 0 Å². The Kier molecular flexibility index (Phi) is 3.95. The summed E-state index contributed by atoms with van der Waals surface area (Å²) in [4.78, 5) is 15.8. The number of nitrogen functional groups attached to an aromatic ring is 1. The van der Waals surface area contributed by atoms with Crippen LogP contribution in [0.4, 0.5) is 5.69 Å². The topological polar surface area (TPSA) is 109 Å². The molecule has 2 rings (SSSR count). The number of carbonyl (C=O) groups excluding carboxylic acids is 1. The van der Waals surface area contributed by atoms with Crippen LogP contribution >= 0.6 is 11.8 Å². The van der Waals surface area contributed by atoms with Crippen LogP contribution in [0.2, 0.25) is 0 Å². The van der Waals surface area contributed by atoms with E-state index in [1.54, 1.807) is 14.0 Å². The van der Waals surface area contributed by atoms with Gasteiger partial charge in [-0.3, -0.25) is 0 Å². The highest BCUT2D eigenvalue weighted by atomic mass is 32.2. The molecule has 2 N–H and O–H groups in total. The Labute approximate surface area is 113 Å². The number of pyridine rings is 1. The monoisotopic (exact) mass is 280 g/mol. The van der Waals surface area contributed by atoms with Crippen molar-refractivity contribution in [3.8, 4) is 0 Å². The summed E-state index contributed by atoms with van der Waals surface area (Å²) >= 11 is 1.18. The lowest BCUT2D eigenvalue weighted by Gasteiger charge is -2.08. The summed E-state index contributed by atoms with van der Waals surface area (Å²) in [6, 6.07) is 1.52. The SMILES string of the molecule is CCOC(=O)c1ccnc(Sc2nnnn2C)c1N. The van der Waals surface area contributed by atoms with Gasteiger partial charge in [-0.1, -0.05) is 0 Å². The first-order valence-corrected chi connectivity index (χ1v) is 6.27. The van der Waals surface area contributed by atoms with E-state index in [0.717, 1.165) is 0 Å². The van der Waals surface area contributed by atoms with E-state index in [4.69, 9.17) is 10.5 Å². The first kappa shape index (κ1) is 13.3. The Bertz CT molecular complexity index is 599. The molecule has 19 heavy (non-hydrogen) atoms. The number of hydrogen-bond donors (Lipinski definition) is 1. The second-order valence-electron chi connectivity index (χ2n) is 3.48. The van der Waals surface area contributed by atoms with E-state index >= 15 is 0 Å². The van der Waals surface area contributed by atoms with Crippen molar-refractivity contribution >= 4 is 23.4 Å². The van der Waals surface area contributed by atoms with E-state index in [2.05, 4.69) is 20.5 Å². The largest absolute Gasteiger partial charge is 0.462 e. The average molecular weight is 280 g/mol. The summed E-state index contributed by atoms with van der Waals surface area (Å²) in [5.41, 5.74) is 6.46. The van der Waals surface area contributed by atoms with Crippen LogP contribution in [0.5, 0.6) is 0 Å². The normalized spacial score (nSPS) is 10.4. The highest BCUT2D eigenvalue weighted by Crippen LogP contribution is 2.30. The minimum atomic E-state index is -0.472. The van der Waals surface area contributed by atoms with E-state index in [1.165, 1.54) is 28.7 Å². The van der Waals surface area contributed by atoms with Crippen molar-refractivity contribution in [1.29, 1.82) is 0 Å². The van der Waals surface area contributed by atoms with E-state index < -0.39 is 5.97 Å². The maximum atomic E-state index is 11.7.